The van der Waals surface area contributed by atoms with Crippen molar-refractivity contribution in [3.05, 3.63) is 36.3 Å². The van der Waals surface area contributed by atoms with Crippen molar-refractivity contribution < 1.29 is 4.42 Å². The number of hydrogen-bond donors (Lipinski definition) is 0. The third-order valence-electron chi connectivity index (χ3n) is 2.62. The van der Waals surface area contributed by atoms with Crippen LogP contribution in [0.1, 0.15) is 18.6 Å². The van der Waals surface area contributed by atoms with Crippen LogP contribution in [-0.4, -0.2) is 23.4 Å². The first kappa shape index (κ1) is 10.8. The minimum atomic E-state index is 0.543. The summed E-state index contributed by atoms with van der Waals surface area (Å²) >= 11 is 5.75. The lowest BCUT2D eigenvalue weighted by Crippen LogP contribution is -2.27. The number of halogens is 1. The van der Waals surface area contributed by atoms with E-state index < -0.39 is 0 Å². The fourth-order valence-corrected chi connectivity index (χ4v) is 1.77. The zero-order valence-corrected chi connectivity index (χ0v) is 9.54. The zero-order chi connectivity index (χ0) is 10.7. The van der Waals surface area contributed by atoms with Crippen molar-refractivity contribution >= 4 is 11.6 Å². The molecular weight excluding hydrogens is 210 g/mol. The monoisotopic (exact) mass is 225 g/mol. The normalized spacial score (nSPS) is 15.9. The van der Waals surface area contributed by atoms with Crippen LogP contribution >= 0.6 is 11.6 Å². The lowest BCUT2D eigenvalue weighted by molar-refractivity contribution is 0.253. The molecule has 1 aliphatic carbocycles. The number of alkyl halides is 1. The van der Waals surface area contributed by atoms with Crippen LogP contribution in [0.4, 0.5) is 0 Å². The van der Waals surface area contributed by atoms with Gasteiger partial charge < -0.3 is 4.42 Å². The van der Waals surface area contributed by atoms with Gasteiger partial charge in [0, 0.05) is 18.5 Å². The van der Waals surface area contributed by atoms with E-state index in [0.717, 1.165) is 24.4 Å². The van der Waals surface area contributed by atoms with Gasteiger partial charge in [-0.15, -0.1) is 11.6 Å². The van der Waals surface area contributed by atoms with Crippen LogP contribution in [0.5, 0.6) is 0 Å². The first-order chi connectivity index (χ1) is 7.29. The molecule has 0 bridgehead atoms. The standard InChI is InChI=1S/C12H16ClNO/c1-10(7-13)8-14(11-4-5-11)9-12-3-2-6-15-12/h2-3,6,11H,1,4-5,7-9H2. The molecule has 2 rings (SSSR count). The predicted molar refractivity (Wildman–Crippen MR) is 62.0 cm³/mol. The topological polar surface area (TPSA) is 16.4 Å². The molecule has 0 spiro atoms. The van der Waals surface area contributed by atoms with Crippen molar-refractivity contribution in [2.24, 2.45) is 0 Å². The fraction of sp³-hybridized carbons (Fsp3) is 0.500. The molecule has 0 atom stereocenters. The molecule has 1 heterocycles. The van der Waals surface area contributed by atoms with Crippen LogP contribution in [0.2, 0.25) is 0 Å². The van der Waals surface area contributed by atoms with Crippen molar-refractivity contribution in [1.29, 1.82) is 0 Å². The van der Waals surface area contributed by atoms with Crippen molar-refractivity contribution in [1.82, 2.24) is 4.90 Å². The zero-order valence-electron chi connectivity index (χ0n) is 8.79. The molecule has 1 aromatic heterocycles. The van der Waals surface area contributed by atoms with Gasteiger partial charge in [0.15, 0.2) is 0 Å². The van der Waals surface area contributed by atoms with Gasteiger partial charge in [0.2, 0.25) is 0 Å². The lowest BCUT2D eigenvalue weighted by atomic mass is 10.3. The van der Waals surface area contributed by atoms with E-state index in [4.69, 9.17) is 16.0 Å². The molecule has 15 heavy (non-hydrogen) atoms. The van der Waals surface area contributed by atoms with E-state index in [9.17, 15) is 0 Å². The van der Waals surface area contributed by atoms with E-state index in [-0.39, 0.29) is 0 Å². The van der Waals surface area contributed by atoms with Crippen molar-refractivity contribution in [3.8, 4) is 0 Å². The lowest BCUT2D eigenvalue weighted by Gasteiger charge is -2.21. The SMILES string of the molecule is C=C(CCl)CN(Cc1ccco1)C1CC1. The van der Waals surface area contributed by atoms with E-state index in [1.807, 2.05) is 12.1 Å². The molecular formula is C12H16ClNO. The molecule has 0 aromatic carbocycles. The van der Waals surface area contributed by atoms with E-state index >= 15 is 0 Å². The van der Waals surface area contributed by atoms with Crippen LogP contribution in [-0.2, 0) is 6.54 Å². The summed E-state index contributed by atoms with van der Waals surface area (Å²) in [6, 6.07) is 4.64. The second-order valence-corrected chi connectivity index (χ2v) is 4.37. The average Bonchev–Trinajstić information content (AvgIpc) is 2.97. The molecule has 0 N–H and O–H groups in total. The summed E-state index contributed by atoms with van der Waals surface area (Å²) in [4.78, 5) is 2.39. The van der Waals surface area contributed by atoms with Gasteiger partial charge in [-0.05, 0) is 30.5 Å². The van der Waals surface area contributed by atoms with Crippen molar-refractivity contribution in [3.63, 3.8) is 0 Å². The van der Waals surface area contributed by atoms with Crippen molar-refractivity contribution in [2.75, 3.05) is 12.4 Å². The molecule has 1 aromatic rings. The number of rotatable bonds is 6. The minimum absolute atomic E-state index is 0.543. The Balaban J connectivity index is 1.91. The summed E-state index contributed by atoms with van der Waals surface area (Å²) in [5.74, 6) is 1.56. The van der Waals surface area contributed by atoms with E-state index in [2.05, 4.69) is 11.5 Å². The van der Waals surface area contributed by atoms with Gasteiger partial charge in [-0.25, -0.2) is 0 Å². The summed E-state index contributed by atoms with van der Waals surface area (Å²) in [6.07, 6.45) is 4.29. The number of nitrogens with zero attached hydrogens (tertiary/aromatic N) is 1. The van der Waals surface area contributed by atoms with Gasteiger partial charge >= 0.3 is 0 Å². The second kappa shape index (κ2) is 4.86. The molecule has 0 unspecified atom stereocenters. The van der Waals surface area contributed by atoms with Crippen LogP contribution in [0.15, 0.2) is 35.0 Å². The predicted octanol–water partition coefficient (Wildman–Crippen LogP) is 3.04. The highest BCUT2D eigenvalue weighted by Gasteiger charge is 2.29. The molecule has 82 valence electrons. The summed E-state index contributed by atoms with van der Waals surface area (Å²) in [6.45, 7) is 5.70. The molecule has 1 saturated carbocycles. The molecule has 0 saturated heterocycles. The summed E-state index contributed by atoms with van der Waals surface area (Å²) in [7, 11) is 0. The highest BCUT2D eigenvalue weighted by atomic mass is 35.5. The Morgan fingerprint density at radius 3 is 2.93 bits per heavy atom. The third kappa shape index (κ3) is 3.11. The van der Waals surface area contributed by atoms with Gasteiger partial charge in [0.25, 0.3) is 0 Å². The summed E-state index contributed by atoms with van der Waals surface area (Å²) in [5, 5.41) is 0. The van der Waals surface area contributed by atoms with Gasteiger partial charge in [0.05, 0.1) is 12.8 Å². The maximum Gasteiger partial charge on any atom is 0.117 e. The number of hydrogen-bond acceptors (Lipinski definition) is 2. The van der Waals surface area contributed by atoms with E-state index in [1.54, 1.807) is 6.26 Å². The molecule has 0 radical (unpaired) electrons. The quantitative estimate of drug-likeness (QED) is 0.547. The molecule has 3 heteroatoms. The first-order valence-electron chi connectivity index (χ1n) is 5.28. The Morgan fingerprint density at radius 1 is 1.60 bits per heavy atom. The highest BCUT2D eigenvalue weighted by Crippen LogP contribution is 2.28. The Labute approximate surface area is 95.5 Å². The maximum atomic E-state index is 5.75. The largest absolute Gasteiger partial charge is 0.468 e. The van der Waals surface area contributed by atoms with Crippen LogP contribution in [0, 0.1) is 0 Å². The Kier molecular flexibility index (Phi) is 3.49. The van der Waals surface area contributed by atoms with Gasteiger partial charge in [-0.1, -0.05) is 6.58 Å². The summed E-state index contributed by atoms with van der Waals surface area (Å²) < 4.78 is 5.35. The Hall–Kier alpha value is -0.730. The molecule has 0 amide bonds. The molecule has 1 aliphatic rings. The highest BCUT2D eigenvalue weighted by molar-refractivity contribution is 6.19. The molecule has 0 aliphatic heterocycles. The maximum absolute atomic E-state index is 5.75. The van der Waals surface area contributed by atoms with Crippen molar-refractivity contribution in [2.45, 2.75) is 25.4 Å². The Bertz CT molecular complexity index is 316. The van der Waals surface area contributed by atoms with E-state index in [1.165, 1.54) is 12.8 Å². The fourth-order valence-electron chi connectivity index (χ4n) is 1.69. The first-order valence-corrected chi connectivity index (χ1v) is 5.82. The smallest absolute Gasteiger partial charge is 0.117 e. The second-order valence-electron chi connectivity index (χ2n) is 4.10. The van der Waals surface area contributed by atoms with Crippen LogP contribution in [0.3, 0.4) is 0 Å². The average molecular weight is 226 g/mol. The third-order valence-corrected chi connectivity index (χ3v) is 3.00. The van der Waals surface area contributed by atoms with Crippen LogP contribution < -0.4 is 0 Å². The number of furan rings is 1. The summed E-state index contributed by atoms with van der Waals surface area (Å²) in [5.41, 5.74) is 1.08. The van der Waals surface area contributed by atoms with E-state index in [0.29, 0.717) is 11.9 Å². The molecule has 1 fully saturated rings. The minimum Gasteiger partial charge on any atom is -0.468 e. The molecule has 2 nitrogen and oxygen atoms in total. The Morgan fingerprint density at radius 2 is 2.40 bits per heavy atom. The van der Waals surface area contributed by atoms with Crippen LogP contribution in [0.25, 0.3) is 0 Å². The van der Waals surface area contributed by atoms with Gasteiger partial charge in [0.1, 0.15) is 5.76 Å². The van der Waals surface area contributed by atoms with Gasteiger partial charge in [-0.2, -0.15) is 0 Å². The van der Waals surface area contributed by atoms with Gasteiger partial charge in [-0.3, -0.25) is 4.90 Å².